The van der Waals surface area contributed by atoms with Gasteiger partial charge in [0, 0.05) is 8.04 Å². The van der Waals surface area contributed by atoms with E-state index in [-0.39, 0.29) is 5.69 Å². The molecule has 1 nitrogen and oxygen atoms in total. The average Bonchev–Trinajstić information content (AvgIpc) is 1.96. The minimum absolute atomic E-state index is 0.0591. The van der Waals surface area contributed by atoms with Crippen LogP contribution in [0.3, 0.4) is 0 Å². The minimum Gasteiger partial charge on any atom is -0.235 e. The van der Waals surface area contributed by atoms with Crippen molar-refractivity contribution in [2.24, 2.45) is 0 Å². The fourth-order valence-electron chi connectivity index (χ4n) is 0.624. The second kappa shape index (κ2) is 3.50. The van der Waals surface area contributed by atoms with E-state index in [4.69, 9.17) is 6.57 Å². The van der Waals surface area contributed by atoms with Crippen LogP contribution in [0.1, 0.15) is 0 Å². The molecule has 0 fully saturated rings. The lowest BCUT2D eigenvalue weighted by atomic mass is 10.3. The van der Waals surface area contributed by atoms with Gasteiger partial charge in [-0.3, -0.25) is 0 Å². The van der Waals surface area contributed by atoms with Gasteiger partial charge in [-0.2, -0.15) is 0 Å². The Bertz CT molecular complexity index is 332. The maximum atomic E-state index is 12.9. The van der Waals surface area contributed by atoms with Crippen LogP contribution >= 0.6 is 38.5 Å². The summed E-state index contributed by atoms with van der Waals surface area (Å²) in [6, 6.07) is 3.09. The van der Waals surface area contributed by atoms with Crippen LogP contribution in [0.4, 0.5) is 10.1 Å². The molecule has 0 spiro atoms. The monoisotopic (exact) mass is 325 g/mol. The molecule has 0 heterocycles. The number of nitrogens with zero attached hydrogens (tertiary/aromatic N) is 1. The zero-order valence-corrected chi connectivity index (χ0v) is 8.98. The molecule has 0 unspecified atom stereocenters. The molecule has 0 aliphatic rings. The molecular formula is C7H2BrFIN. The number of rotatable bonds is 0. The first-order valence-electron chi connectivity index (χ1n) is 2.67. The second-order valence-electron chi connectivity index (χ2n) is 1.83. The highest BCUT2D eigenvalue weighted by Gasteiger charge is 2.06. The molecule has 0 amide bonds. The highest BCUT2D eigenvalue weighted by molar-refractivity contribution is 14.1. The summed E-state index contributed by atoms with van der Waals surface area (Å²) < 4.78 is 14.1. The van der Waals surface area contributed by atoms with E-state index in [1.165, 1.54) is 6.07 Å². The van der Waals surface area contributed by atoms with Gasteiger partial charge in [0.25, 0.3) is 0 Å². The third-order valence-corrected chi connectivity index (χ3v) is 2.34. The summed E-state index contributed by atoms with van der Waals surface area (Å²) in [6.07, 6.45) is 0. The number of hydrogen-bond acceptors (Lipinski definition) is 0. The average molecular weight is 326 g/mol. The first kappa shape index (κ1) is 8.94. The zero-order chi connectivity index (χ0) is 8.43. The van der Waals surface area contributed by atoms with Crippen molar-refractivity contribution in [2.45, 2.75) is 0 Å². The maximum Gasteiger partial charge on any atom is 0.224 e. The van der Waals surface area contributed by atoms with Gasteiger partial charge in [-0.1, -0.05) is 15.9 Å². The van der Waals surface area contributed by atoms with Gasteiger partial charge in [0.05, 0.1) is 6.57 Å². The van der Waals surface area contributed by atoms with Gasteiger partial charge < -0.3 is 0 Å². The summed E-state index contributed by atoms with van der Waals surface area (Å²) in [5.41, 5.74) is 0.0591. The van der Waals surface area contributed by atoms with Crippen LogP contribution in [-0.2, 0) is 0 Å². The van der Waals surface area contributed by atoms with Gasteiger partial charge in [-0.15, -0.1) is 0 Å². The van der Waals surface area contributed by atoms with Gasteiger partial charge >= 0.3 is 0 Å². The summed E-state index contributed by atoms with van der Waals surface area (Å²) in [6.45, 7) is 6.64. The van der Waals surface area contributed by atoms with E-state index in [2.05, 4.69) is 20.8 Å². The molecule has 4 heteroatoms. The van der Waals surface area contributed by atoms with E-state index in [1.54, 1.807) is 6.07 Å². The van der Waals surface area contributed by atoms with Crippen molar-refractivity contribution < 1.29 is 4.39 Å². The summed E-state index contributed by atoms with van der Waals surface area (Å²) in [5, 5.41) is 0. The molecule has 0 saturated carbocycles. The van der Waals surface area contributed by atoms with Crippen LogP contribution in [0.5, 0.6) is 0 Å². The molecule has 56 valence electrons. The van der Waals surface area contributed by atoms with E-state index in [9.17, 15) is 4.39 Å². The first-order valence-corrected chi connectivity index (χ1v) is 4.54. The molecule has 1 rings (SSSR count). The summed E-state index contributed by atoms with van der Waals surface area (Å²) >= 11 is 5.02. The van der Waals surface area contributed by atoms with Gasteiger partial charge in [0.1, 0.15) is 5.82 Å². The smallest absolute Gasteiger partial charge is 0.224 e. The van der Waals surface area contributed by atoms with Crippen molar-refractivity contribution >= 4 is 44.2 Å². The third kappa shape index (κ3) is 1.91. The molecule has 1 aromatic carbocycles. The summed E-state index contributed by atoms with van der Waals surface area (Å²) in [4.78, 5) is 3.03. The Labute approximate surface area is 85.7 Å². The van der Waals surface area contributed by atoms with Crippen LogP contribution in [0.2, 0.25) is 0 Å². The van der Waals surface area contributed by atoms with E-state index in [1.807, 2.05) is 22.6 Å². The lowest BCUT2D eigenvalue weighted by molar-refractivity contribution is 0.626. The summed E-state index contributed by atoms with van der Waals surface area (Å²) in [7, 11) is 0. The zero-order valence-electron chi connectivity index (χ0n) is 5.24. The topological polar surface area (TPSA) is 4.36 Å². The van der Waals surface area contributed by atoms with E-state index in [0.717, 1.165) is 4.47 Å². The minimum atomic E-state index is -0.441. The van der Waals surface area contributed by atoms with E-state index < -0.39 is 5.82 Å². The standard InChI is InChI=1S/C7H2BrFIN/c1-11-6-3-4(8)2-5(10)7(6)9/h2-3H. The molecule has 11 heavy (non-hydrogen) atoms. The quantitative estimate of drug-likeness (QED) is 0.389. The molecule has 1 aromatic rings. The lowest BCUT2D eigenvalue weighted by Crippen LogP contribution is -1.80. The first-order chi connectivity index (χ1) is 5.15. The fourth-order valence-corrected chi connectivity index (χ4v) is 2.11. The number of benzene rings is 1. The highest BCUT2D eigenvalue weighted by atomic mass is 127. The van der Waals surface area contributed by atoms with Gasteiger partial charge in [-0.05, 0) is 34.7 Å². The van der Waals surface area contributed by atoms with E-state index in [0.29, 0.717) is 3.57 Å². The molecule has 0 aliphatic carbocycles. The van der Waals surface area contributed by atoms with Crippen LogP contribution < -0.4 is 0 Å². The Morgan fingerprint density at radius 1 is 1.55 bits per heavy atom. The Morgan fingerprint density at radius 3 is 2.73 bits per heavy atom. The van der Waals surface area contributed by atoms with Crippen LogP contribution in [-0.4, -0.2) is 0 Å². The predicted molar refractivity (Wildman–Crippen MR) is 53.1 cm³/mol. The highest BCUT2D eigenvalue weighted by Crippen LogP contribution is 2.27. The van der Waals surface area contributed by atoms with Crippen molar-refractivity contribution in [1.29, 1.82) is 0 Å². The normalized spacial score (nSPS) is 9.27. The molecule has 0 N–H and O–H groups in total. The Balaban J connectivity index is 3.39. The van der Waals surface area contributed by atoms with Crippen LogP contribution in [0.25, 0.3) is 4.85 Å². The number of halogens is 3. The lowest BCUT2D eigenvalue weighted by Gasteiger charge is -1.97. The van der Waals surface area contributed by atoms with E-state index >= 15 is 0 Å². The molecule has 0 saturated heterocycles. The van der Waals surface area contributed by atoms with Crippen molar-refractivity contribution in [1.82, 2.24) is 0 Å². The Hall–Kier alpha value is -0.150. The van der Waals surface area contributed by atoms with Crippen molar-refractivity contribution in [2.75, 3.05) is 0 Å². The molecule has 0 aromatic heterocycles. The van der Waals surface area contributed by atoms with Crippen LogP contribution in [0.15, 0.2) is 16.6 Å². The van der Waals surface area contributed by atoms with Crippen molar-refractivity contribution in [3.63, 3.8) is 0 Å². The number of hydrogen-bond donors (Lipinski definition) is 0. The predicted octanol–water partition coefficient (Wildman–Crippen LogP) is 3.74. The fraction of sp³-hybridized carbons (Fsp3) is 0. The molecule has 0 radical (unpaired) electrons. The molecule has 0 atom stereocenters. The second-order valence-corrected chi connectivity index (χ2v) is 3.91. The largest absolute Gasteiger partial charge is 0.235 e. The summed E-state index contributed by atoms with van der Waals surface area (Å²) in [5.74, 6) is -0.441. The van der Waals surface area contributed by atoms with Crippen molar-refractivity contribution in [3.05, 3.63) is 37.4 Å². The maximum absolute atomic E-state index is 12.9. The molecular weight excluding hydrogens is 324 g/mol. The van der Waals surface area contributed by atoms with Gasteiger partial charge in [-0.25, -0.2) is 9.24 Å². The van der Waals surface area contributed by atoms with Gasteiger partial charge in [0.15, 0.2) is 0 Å². The molecule has 0 bridgehead atoms. The van der Waals surface area contributed by atoms with Crippen LogP contribution in [0, 0.1) is 16.0 Å². The SMILES string of the molecule is [C-]#[N+]c1cc(Br)cc(I)c1F. The van der Waals surface area contributed by atoms with Crippen molar-refractivity contribution in [3.8, 4) is 0 Å². The third-order valence-electron chi connectivity index (χ3n) is 1.09. The Kier molecular flexibility index (Phi) is 2.84. The Morgan fingerprint density at radius 2 is 2.18 bits per heavy atom. The molecule has 0 aliphatic heterocycles. The van der Waals surface area contributed by atoms with Gasteiger partial charge in [0.2, 0.25) is 5.69 Å².